The highest BCUT2D eigenvalue weighted by Crippen LogP contribution is 2.27. The van der Waals surface area contributed by atoms with Crippen LogP contribution < -0.4 is 15.8 Å². The number of carbonyl (C=O) groups excluding carboxylic acids is 1. The number of piperazine rings is 1. The van der Waals surface area contributed by atoms with Gasteiger partial charge >= 0.3 is 6.09 Å². The number of primary amides is 1. The number of nitrogens with one attached hydrogen (secondary N) is 2. The second kappa shape index (κ2) is 9.10. The number of H-pyrrole nitrogens is 1. The third-order valence-electron chi connectivity index (χ3n) is 5.23. The van der Waals surface area contributed by atoms with Crippen molar-refractivity contribution in [3.05, 3.63) is 36.4 Å². The number of fused-ring (bicyclic) bond motifs is 1. The van der Waals surface area contributed by atoms with Gasteiger partial charge in [-0.1, -0.05) is 12.1 Å². The van der Waals surface area contributed by atoms with Gasteiger partial charge in [0.2, 0.25) is 0 Å². The highest BCUT2D eigenvalue weighted by molar-refractivity contribution is 5.86. The summed E-state index contributed by atoms with van der Waals surface area (Å²) in [6.45, 7) is 6.50. The van der Waals surface area contributed by atoms with Gasteiger partial charge in [-0.05, 0) is 44.3 Å². The highest BCUT2D eigenvalue weighted by Gasteiger charge is 2.14. The van der Waals surface area contributed by atoms with E-state index < -0.39 is 6.09 Å². The van der Waals surface area contributed by atoms with E-state index in [1.165, 1.54) is 0 Å². The molecule has 1 saturated heterocycles. The van der Waals surface area contributed by atoms with Crippen molar-refractivity contribution in [3.8, 4) is 17.3 Å². The van der Waals surface area contributed by atoms with Gasteiger partial charge in [0.1, 0.15) is 17.0 Å². The number of imidazole rings is 1. The summed E-state index contributed by atoms with van der Waals surface area (Å²) in [5.74, 6) is 1.73. The van der Waals surface area contributed by atoms with Crippen LogP contribution in [0.15, 0.2) is 36.4 Å². The molecule has 0 spiro atoms. The van der Waals surface area contributed by atoms with Gasteiger partial charge in [0.05, 0.1) is 5.52 Å². The van der Waals surface area contributed by atoms with Crippen molar-refractivity contribution in [1.82, 2.24) is 24.8 Å². The molecule has 0 saturated carbocycles. The summed E-state index contributed by atoms with van der Waals surface area (Å²) < 4.78 is 5.04. The van der Waals surface area contributed by atoms with Gasteiger partial charge in [0.15, 0.2) is 11.6 Å². The van der Waals surface area contributed by atoms with Crippen LogP contribution in [0.2, 0.25) is 0 Å². The van der Waals surface area contributed by atoms with Gasteiger partial charge in [0, 0.05) is 32.7 Å². The average molecular weight is 409 g/mol. The number of ether oxygens (including phenoxy) is 1. The van der Waals surface area contributed by atoms with Crippen LogP contribution in [0.4, 0.5) is 10.6 Å². The van der Waals surface area contributed by atoms with E-state index in [1.54, 1.807) is 12.1 Å². The SMILES string of the molecule is CN1CCN(CCCNc2cccc(-c3nc4c(OC(N)=O)cccc4[nH]3)n2)CC1. The first-order valence-electron chi connectivity index (χ1n) is 10.2. The quantitative estimate of drug-likeness (QED) is 0.513. The van der Waals surface area contributed by atoms with E-state index in [2.05, 4.69) is 37.1 Å². The Morgan fingerprint density at radius 2 is 1.97 bits per heavy atom. The van der Waals surface area contributed by atoms with Crippen LogP contribution in [0.1, 0.15) is 6.42 Å². The van der Waals surface area contributed by atoms with Crippen LogP contribution in [-0.4, -0.2) is 77.2 Å². The Morgan fingerprint density at radius 1 is 1.17 bits per heavy atom. The lowest BCUT2D eigenvalue weighted by atomic mass is 10.3. The van der Waals surface area contributed by atoms with Gasteiger partial charge in [-0.2, -0.15) is 0 Å². The molecule has 1 aliphatic heterocycles. The molecule has 0 aliphatic carbocycles. The molecule has 0 atom stereocenters. The van der Waals surface area contributed by atoms with Gasteiger partial charge in [0.25, 0.3) is 0 Å². The molecule has 158 valence electrons. The first-order chi connectivity index (χ1) is 14.6. The highest BCUT2D eigenvalue weighted by atomic mass is 16.5. The fourth-order valence-electron chi connectivity index (χ4n) is 3.57. The van der Waals surface area contributed by atoms with Crippen LogP contribution in [0, 0.1) is 0 Å². The first-order valence-corrected chi connectivity index (χ1v) is 10.2. The number of benzene rings is 1. The van der Waals surface area contributed by atoms with E-state index in [0.29, 0.717) is 22.8 Å². The Balaban J connectivity index is 1.39. The summed E-state index contributed by atoms with van der Waals surface area (Å²) in [7, 11) is 2.17. The van der Waals surface area contributed by atoms with E-state index in [1.807, 2.05) is 24.3 Å². The fraction of sp³-hybridized carbons (Fsp3) is 0.381. The van der Waals surface area contributed by atoms with E-state index in [9.17, 15) is 4.79 Å². The molecule has 1 fully saturated rings. The van der Waals surface area contributed by atoms with Crippen LogP contribution in [0.25, 0.3) is 22.6 Å². The number of rotatable bonds is 7. The summed E-state index contributed by atoms with van der Waals surface area (Å²) >= 11 is 0. The number of amides is 1. The maximum atomic E-state index is 11.1. The third-order valence-corrected chi connectivity index (χ3v) is 5.23. The number of aromatic amines is 1. The molecule has 2 aromatic heterocycles. The Labute approximate surface area is 175 Å². The molecule has 1 amide bonds. The minimum absolute atomic E-state index is 0.320. The molecule has 0 unspecified atom stereocenters. The monoisotopic (exact) mass is 409 g/mol. The van der Waals surface area contributed by atoms with E-state index in [4.69, 9.17) is 10.5 Å². The zero-order valence-corrected chi connectivity index (χ0v) is 17.1. The number of para-hydroxylation sites is 1. The molecule has 30 heavy (non-hydrogen) atoms. The molecule has 3 heterocycles. The minimum Gasteiger partial charge on any atom is -0.408 e. The van der Waals surface area contributed by atoms with Crippen LogP contribution >= 0.6 is 0 Å². The van der Waals surface area contributed by atoms with Crippen LogP contribution in [0.5, 0.6) is 5.75 Å². The zero-order chi connectivity index (χ0) is 20.9. The summed E-state index contributed by atoms with van der Waals surface area (Å²) in [5.41, 5.74) is 7.14. The Hall–Kier alpha value is -3.17. The van der Waals surface area contributed by atoms with Gasteiger partial charge < -0.3 is 30.6 Å². The molecular formula is C21H27N7O2. The lowest BCUT2D eigenvalue weighted by molar-refractivity contribution is 0.154. The van der Waals surface area contributed by atoms with Gasteiger partial charge in [-0.25, -0.2) is 14.8 Å². The number of nitrogens with two attached hydrogens (primary N) is 1. The Morgan fingerprint density at radius 3 is 2.77 bits per heavy atom. The number of aromatic nitrogens is 3. The number of nitrogens with zero attached hydrogens (tertiary/aromatic N) is 4. The van der Waals surface area contributed by atoms with Crippen molar-refractivity contribution >= 4 is 22.9 Å². The molecule has 1 aliphatic rings. The number of anilines is 1. The van der Waals surface area contributed by atoms with Gasteiger partial charge in [-0.15, -0.1) is 0 Å². The fourth-order valence-corrected chi connectivity index (χ4v) is 3.57. The van der Waals surface area contributed by atoms with Crippen molar-refractivity contribution in [2.45, 2.75) is 6.42 Å². The molecular weight excluding hydrogens is 382 g/mol. The number of carbonyl (C=O) groups is 1. The largest absolute Gasteiger partial charge is 0.410 e. The Kier molecular flexibility index (Phi) is 6.10. The maximum Gasteiger partial charge on any atom is 0.410 e. The molecule has 4 N–H and O–H groups in total. The number of hydrogen-bond donors (Lipinski definition) is 3. The van der Waals surface area contributed by atoms with Crippen molar-refractivity contribution < 1.29 is 9.53 Å². The lowest BCUT2D eigenvalue weighted by Gasteiger charge is -2.32. The molecule has 0 bridgehead atoms. The van der Waals surface area contributed by atoms with E-state index >= 15 is 0 Å². The zero-order valence-electron chi connectivity index (χ0n) is 17.1. The topological polar surface area (TPSA) is 112 Å². The number of likely N-dealkylation sites (N-methyl/N-ethyl adjacent to an activating group) is 1. The molecule has 4 rings (SSSR count). The van der Waals surface area contributed by atoms with Crippen LogP contribution in [-0.2, 0) is 0 Å². The van der Waals surface area contributed by atoms with E-state index in [0.717, 1.165) is 57.0 Å². The molecule has 3 aromatic rings. The van der Waals surface area contributed by atoms with Crippen molar-refractivity contribution in [2.75, 3.05) is 51.6 Å². The first kappa shape index (κ1) is 20.1. The van der Waals surface area contributed by atoms with Crippen LogP contribution in [0.3, 0.4) is 0 Å². The number of pyridine rings is 1. The Bertz CT molecular complexity index is 1010. The standard InChI is InChI=1S/C21H27N7O2/c1-27-11-13-28(14-12-27)10-4-9-23-18-8-3-6-16(24-18)20-25-15-5-2-7-17(19(15)26-20)30-21(22)29/h2-3,5-8H,4,9-14H2,1H3,(H2,22,29)(H,23,24)(H,25,26). The second-order valence-corrected chi connectivity index (χ2v) is 7.49. The smallest absolute Gasteiger partial charge is 0.408 e. The molecule has 9 nitrogen and oxygen atoms in total. The number of hydrogen-bond acceptors (Lipinski definition) is 7. The van der Waals surface area contributed by atoms with Gasteiger partial charge in [-0.3, -0.25) is 0 Å². The minimum atomic E-state index is -0.868. The second-order valence-electron chi connectivity index (χ2n) is 7.49. The molecule has 0 radical (unpaired) electrons. The summed E-state index contributed by atoms with van der Waals surface area (Å²) in [4.78, 5) is 28.4. The summed E-state index contributed by atoms with van der Waals surface area (Å²) in [5, 5.41) is 3.40. The predicted molar refractivity (Wildman–Crippen MR) is 117 cm³/mol. The van der Waals surface area contributed by atoms with Crippen molar-refractivity contribution in [2.24, 2.45) is 5.73 Å². The normalized spacial score (nSPS) is 15.4. The lowest BCUT2D eigenvalue weighted by Crippen LogP contribution is -2.44. The summed E-state index contributed by atoms with van der Waals surface area (Å²) in [6.07, 6.45) is 0.196. The van der Waals surface area contributed by atoms with E-state index in [-0.39, 0.29) is 0 Å². The van der Waals surface area contributed by atoms with Crippen molar-refractivity contribution in [3.63, 3.8) is 0 Å². The molecule has 1 aromatic carbocycles. The predicted octanol–water partition coefficient (Wildman–Crippen LogP) is 2.13. The molecule has 9 heteroatoms. The summed E-state index contributed by atoms with van der Waals surface area (Å²) in [6, 6.07) is 11.1. The average Bonchev–Trinajstić information content (AvgIpc) is 3.18. The maximum absolute atomic E-state index is 11.1. The van der Waals surface area contributed by atoms with Crippen molar-refractivity contribution in [1.29, 1.82) is 0 Å². The third kappa shape index (κ3) is 4.87.